The summed E-state index contributed by atoms with van der Waals surface area (Å²) in [5, 5.41) is 2.70. The Bertz CT molecular complexity index is 1470. The maximum Gasteiger partial charge on any atom is 0.343 e. The molecule has 2 fully saturated rings. The Kier molecular flexibility index (Phi) is 5.97. The number of cyclic esters (lactones) is 1. The summed E-state index contributed by atoms with van der Waals surface area (Å²) >= 11 is 0. The van der Waals surface area contributed by atoms with Crippen LogP contribution in [0.25, 0.3) is 0 Å². The molecule has 1 N–H and O–H groups in total. The van der Waals surface area contributed by atoms with Crippen LogP contribution in [-0.4, -0.2) is 36.7 Å². The number of hydrogen-bond acceptors (Lipinski definition) is 9. The normalized spacial score (nSPS) is 32.6. The van der Waals surface area contributed by atoms with E-state index in [1.807, 2.05) is 13.8 Å². The Morgan fingerprint density at radius 1 is 1.10 bits per heavy atom. The molecule has 40 heavy (non-hydrogen) atoms. The predicted molar refractivity (Wildman–Crippen MR) is 136 cm³/mol. The van der Waals surface area contributed by atoms with Gasteiger partial charge in [0, 0.05) is 23.6 Å². The van der Waals surface area contributed by atoms with Gasteiger partial charge in [0.15, 0.2) is 5.76 Å². The van der Waals surface area contributed by atoms with Gasteiger partial charge in [-0.15, -0.1) is 0 Å². The van der Waals surface area contributed by atoms with Crippen LogP contribution < -0.4 is 5.32 Å². The molecule has 1 aromatic heterocycles. The van der Waals surface area contributed by atoms with Crippen molar-refractivity contribution >= 4 is 29.6 Å². The third-order valence-corrected chi connectivity index (χ3v) is 9.39. The fraction of sp³-hybridized carbons (Fsp3) is 0.433. The van der Waals surface area contributed by atoms with Gasteiger partial charge in [-0.05, 0) is 66.0 Å². The Morgan fingerprint density at radius 3 is 2.62 bits per heavy atom. The van der Waals surface area contributed by atoms with E-state index in [9.17, 15) is 24.0 Å². The second kappa shape index (κ2) is 9.18. The van der Waals surface area contributed by atoms with Crippen molar-refractivity contribution in [2.45, 2.75) is 45.8 Å². The predicted octanol–water partition coefficient (Wildman–Crippen LogP) is 3.66. The van der Waals surface area contributed by atoms with Crippen molar-refractivity contribution in [2.75, 3.05) is 7.11 Å². The number of nitrogens with one attached hydrogen (secondary N) is 1. The minimum absolute atomic E-state index is 0.168. The van der Waals surface area contributed by atoms with E-state index in [2.05, 4.69) is 5.32 Å². The van der Waals surface area contributed by atoms with E-state index in [1.54, 1.807) is 12.1 Å². The van der Waals surface area contributed by atoms with Gasteiger partial charge in [0.25, 0.3) is 5.91 Å². The van der Waals surface area contributed by atoms with E-state index in [1.165, 1.54) is 37.8 Å². The summed E-state index contributed by atoms with van der Waals surface area (Å²) in [7, 11) is 1.27. The van der Waals surface area contributed by atoms with E-state index >= 15 is 0 Å². The summed E-state index contributed by atoms with van der Waals surface area (Å²) < 4.78 is 21.8. The summed E-state index contributed by atoms with van der Waals surface area (Å²) in [5.74, 6) is -4.95. The molecule has 3 heterocycles. The minimum Gasteiger partial charge on any atom is -0.472 e. The zero-order valence-electron chi connectivity index (χ0n) is 22.4. The lowest BCUT2D eigenvalue weighted by molar-refractivity contribution is -0.197. The number of furan rings is 1. The van der Waals surface area contributed by atoms with Crippen LogP contribution in [0.1, 0.15) is 71.1 Å². The molecule has 4 aliphatic rings. The number of hydrogen-bond donors (Lipinski definition) is 1. The molecule has 6 atom stereocenters. The zero-order valence-corrected chi connectivity index (χ0v) is 22.4. The Labute approximate surface area is 230 Å². The van der Waals surface area contributed by atoms with Crippen molar-refractivity contribution in [1.82, 2.24) is 5.32 Å². The van der Waals surface area contributed by atoms with Crippen LogP contribution in [0.5, 0.6) is 0 Å². The molecule has 6 unspecified atom stereocenters. The van der Waals surface area contributed by atoms with Gasteiger partial charge in [0.1, 0.15) is 6.10 Å². The fourth-order valence-electron chi connectivity index (χ4n) is 7.41. The number of amides is 1. The molecule has 2 aliphatic carbocycles. The first-order valence-electron chi connectivity index (χ1n) is 13.3. The average molecular weight is 548 g/mol. The molecule has 2 aromatic rings. The number of allylic oxidation sites excluding steroid dienone is 1. The topological polar surface area (TPSA) is 138 Å². The van der Waals surface area contributed by atoms with Gasteiger partial charge in [-0.2, -0.15) is 0 Å². The zero-order chi connectivity index (χ0) is 28.4. The van der Waals surface area contributed by atoms with Crippen molar-refractivity contribution < 1.29 is 42.6 Å². The molecular formula is C30H29NO9. The van der Waals surface area contributed by atoms with Gasteiger partial charge in [0.2, 0.25) is 5.78 Å². The highest BCUT2D eigenvalue weighted by Gasteiger charge is 2.66. The number of carbonyl (C=O) groups excluding carboxylic acids is 5. The van der Waals surface area contributed by atoms with Crippen LogP contribution in [0.3, 0.4) is 0 Å². The molecule has 10 heteroatoms. The molecule has 1 saturated carbocycles. The molecule has 1 aromatic carbocycles. The molecule has 1 amide bonds. The number of Topliss-reactive ketones (excluding diaryl/α,β-unsaturated/α-hetero) is 1. The number of ketones is 1. The van der Waals surface area contributed by atoms with Crippen molar-refractivity contribution in [3.8, 4) is 0 Å². The Morgan fingerprint density at radius 2 is 1.90 bits per heavy atom. The lowest BCUT2D eigenvalue weighted by Crippen LogP contribution is -2.61. The quantitative estimate of drug-likeness (QED) is 0.449. The number of benzene rings is 1. The van der Waals surface area contributed by atoms with Crippen molar-refractivity contribution in [2.24, 2.45) is 28.6 Å². The molecule has 0 radical (unpaired) electrons. The summed E-state index contributed by atoms with van der Waals surface area (Å²) in [4.78, 5) is 65.8. The van der Waals surface area contributed by atoms with Crippen LogP contribution in [-0.2, 0) is 35.1 Å². The van der Waals surface area contributed by atoms with Gasteiger partial charge in [-0.3, -0.25) is 19.2 Å². The third-order valence-electron chi connectivity index (χ3n) is 9.39. The van der Waals surface area contributed by atoms with Crippen LogP contribution >= 0.6 is 0 Å². The highest BCUT2D eigenvalue weighted by atomic mass is 16.6. The number of ether oxygens (including phenoxy) is 3. The van der Waals surface area contributed by atoms with E-state index < -0.39 is 58.4 Å². The maximum atomic E-state index is 14.3. The highest BCUT2D eigenvalue weighted by molar-refractivity contribution is 6.04. The smallest absolute Gasteiger partial charge is 0.343 e. The first-order chi connectivity index (χ1) is 19.1. The fourth-order valence-corrected chi connectivity index (χ4v) is 7.41. The molecule has 0 bridgehead atoms. The maximum absolute atomic E-state index is 14.3. The van der Waals surface area contributed by atoms with E-state index in [-0.39, 0.29) is 23.8 Å². The summed E-state index contributed by atoms with van der Waals surface area (Å²) in [6.07, 6.45) is 4.93. The second-order valence-electron chi connectivity index (χ2n) is 11.6. The van der Waals surface area contributed by atoms with Crippen LogP contribution in [0, 0.1) is 28.6 Å². The van der Waals surface area contributed by atoms with E-state index in [0.29, 0.717) is 36.0 Å². The molecule has 1 saturated heterocycles. The highest BCUT2D eigenvalue weighted by Crippen LogP contribution is 2.64. The van der Waals surface area contributed by atoms with Gasteiger partial charge in [-0.25, -0.2) is 4.79 Å². The van der Waals surface area contributed by atoms with E-state index in [4.69, 9.17) is 18.6 Å². The van der Waals surface area contributed by atoms with E-state index in [0.717, 1.165) is 0 Å². The number of methoxy groups -OCH3 is 1. The summed E-state index contributed by atoms with van der Waals surface area (Å²) in [6, 6.07) is 6.27. The first-order valence-corrected chi connectivity index (χ1v) is 13.3. The van der Waals surface area contributed by atoms with Crippen molar-refractivity contribution in [3.05, 3.63) is 70.9 Å². The third kappa shape index (κ3) is 3.80. The second-order valence-corrected chi connectivity index (χ2v) is 11.6. The molecule has 10 nitrogen and oxygen atoms in total. The minimum atomic E-state index is -0.904. The van der Waals surface area contributed by atoms with Gasteiger partial charge in [0.05, 0.1) is 37.0 Å². The first kappa shape index (κ1) is 26.0. The number of esters is 3. The summed E-state index contributed by atoms with van der Waals surface area (Å²) in [6.45, 7) is 4.04. The molecular weight excluding hydrogens is 518 g/mol. The van der Waals surface area contributed by atoms with Crippen molar-refractivity contribution in [1.29, 1.82) is 0 Å². The van der Waals surface area contributed by atoms with Gasteiger partial charge < -0.3 is 23.9 Å². The Balaban J connectivity index is 1.38. The SMILES string of the molecule is COC(=O)C1C=C(OC(=O)c2ccc3c(c2)CNC3=O)C(=O)C2C1(C)CCC1C(=O)OC(c3ccoc3)CC12C. The monoisotopic (exact) mass is 547 g/mol. The average Bonchev–Trinajstić information content (AvgIpc) is 3.59. The summed E-state index contributed by atoms with van der Waals surface area (Å²) in [5.41, 5.74) is 0.184. The molecule has 2 aliphatic heterocycles. The molecule has 6 rings (SSSR count). The van der Waals surface area contributed by atoms with Crippen LogP contribution in [0.4, 0.5) is 0 Å². The van der Waals surface area contributed by atoms with Gasteiger partial charge in [-0.1, -0.05) is 13.8 Å². The molecule has 0 spiro atoms. The van der Waals surface area contributed by atoms with Crippen molar-refractivity contribution in [3.63, 3.8) is 0 Å². The number of carbonyl (C=O) groups is 5. The standard InChI is InChI=1S/C30H29NO9/c1-29-8-6-19-28(36)40-22(16-7-9-38-14-16)12-30(19,2)24(29)23(32)21(11-20(29)27(35)37-3)39-26(34)15-4-5-18-17(10-15)13-31-25(18)33/h4-5,7,9-11,14,19-20,22,24H,6,8,12-13H2,1-3H3,(H,31,33). The number of fused-ring (bicyclic) bond motifs is 4. The number of rotatable bonds is 4. The largest absolute Gasteiger partial charge is 0.472 e. The van der Waals surface area contributed by atoms with Crippen LogP contribution in [0.15, 0.2) is 53.0 Å². The lowest BCUT2D eigenvalue weighted by atomic mass is 9.44. The Hall–Kier alpha value is -4.21. The van der Waals surface area contributed by atoms with Gasteiger partial charge >= 0.3 is 17.9 Å². The lowest BCUT2D eigenvalue weighted by Gasteiger charge is -2.59. The van der Waals surface area contributed by atoms with Crippen LogP contribution in [0.2, 0.25) is 0 Å². The molecule has 208 valence electrons.